The number of aryl methyl sites for hydroxylation is 1. The van der Waals surface area contributed by atoms with E-state index in [1.165, 1.54) is 28.2 Å². The van der Waals surface area contributed by atoms with Gasteiger partial charge in [0.25, 0.3) is 0 Å². The standard InChI is InChI=1S/C28H31N3O2S/c1-4-6-11-27(32)29-20-12-15-22(16-13-20)34-19(3)28(33)30-21-14-17-26-24(18-21)23-9-7-8-10-25(23)31(26)5-2/h7-10,12-19H,4-6,11H2,1-3H3,(H,29,32)(H,30,33). The molecule has 0 fully saturated rings. The van der Waals surface area contributed by atoms with Crippen molar-refractivity contribution in [3.05, 3.63) is 66.7 Å². The highest BCUT2D eigenvalue weighted by molar-refractivity contribution is 8.00. The number of fused-ring (bicyclic) bond motifs is 3. The van der Waals surface area contributed by atoms with E-state index in [-0.39, 0.29) is 17.1 Å². The Labute approximate surface area is 204 Å². The predicted octanol–water partition coefficient (Wildman–Crippen LogP) is 7.06. The molecule has 0 bridgehead atoms. The predicted molar refractivity (Wildman–Crippen MR) is 144 cm³/mol. The van der Waals surface area contributed by atoms with Gasteiger partial charge >= 0.3 is 0 Å². The molecule has 0 aliphatic carbocycles. The van der Waals surface area contributed by atoms with E-state index in [1.54, 1.807) is 0 Å². The van der Waals surface area contributed by atoms with Gasteiger partial charge in [-0.1, -0.05) is 31.5 Å². The van der Waals surface area contributed by atoms with Crippen LogP contribution in [0, 0.1) is 0 Å². The van der Waals surface area contributed by atoms with Gasteiger partial charge in [-0.3, -0.25) is 9.59 Å². The molecule has 34 heavy (non-hydrogen) atoms. The van der Waals surface area contributed by atoms with Crippen LogP contribution in [-0.4, -0.2) is 21.6 Å². The van der Waals surface area contributed by atoms with Crippen LogP contribution in [0.3, 0.4) is 0 Å². The van der Waals surface area contributed by atoms with Crippen molar-refractivity contribution < 1.29 is 9.59 Å². The molecule has 176 valence electrons. The highest BCUT2D eigenvalue weighted by Gasteiger charge is 2.16. The third-order valence-corrected chi connectivity index (χ3v) is 7.05. The first kappa shape index (κ1) is 23.9. The first-order chi connectivity index (χ1) is 16.5. The molecule has 1 atom stereocenters. The topological polar surface area (TPSA) is 63.1 Å². The average Bonchev–Trinajstić information content (AvgIpc) is 3.17. The van der Waals surface area contributed by atoms with Crippen molar-refractivity contribution in [3.8, 4) is 0 Å². The van der Waals surface area contributed by atoms with Gasteiger partial charge in [0.2, 0.25) is 11.8 Å². The highest BCUT2D eigenvalue weighted by Crippen LogP contribution is 2.31. The molecule has 6 heteroatoms. The lowest BCUT2D eigenvalue weighted by molar-refractivity contribution is -0.116. The average molecular weight is 474 g/mol. The molecule has 0 aliphatic heterocycles. The van der Waals surface area contributed by atoms with Gasteiger partial charge in [0, 0.05) is 51.0 Å². The molecule has 1 unspecified atom stereocenters. The van der Waals surface area contributed by atoms with Crippen molar-refractivity contribution in [2.45, 2.75) is 56.7 Å². The van der Waals surface area contributed by atoms with Crippen LogP contribution < -0.4 is 10.6 Å². The summed E-state index contributed by atoms with van der Waals surface area (Å²) in [5, 5.41) is 8.07. The molecule has 4 aromatic rings. The molecule has 5 nitrogen and oxygen atoms in total. The maximum atomic E-state index is 12.9. The van der Waals surface area contributed by atoms with E-state index in [0.717, 1.165) is 41.0 Å². The molecular formula is C28H31N3O2S. The fraction of sp³-hybridized carbons (Fsp3) is 0.286. The molecule has 2 amide bonds. The number of unbranched alkanes of at least 4 members (excludes halogenated alkanes) is 1. The summed E-state index contributed by atoms with van der Waals surface area (Å²) in [6.45, 7) is 7.01. The second-order valence-corrected chi connectivity index (χ2v) is 9.83. The third-order valence-electron chi connectivity index (χ3n) is 5.93. The Morgan fingerprint density at radius 3 is 2.32 bits per heavy atom. The SMILES string of the molecule is CCCCC(=O)Nc1ccc(SC(C)C(=O)Nc2ccc3c(c2)c2ccccc2n3CC)cc1. The van der Waals surface area contributed by atoms with E-state index >= 15 is 0 Å². The minimum Gasteiger partial charge on any atom is -0.341 e. The van der Waals surface area contributed by atoms with Gasteiger partial charge in [0.1, 0.15) is 0 Å². The number of nitrogens with one attached hydrogen (secondary N) is 2. The third kappa shape index (κ3) is 5.28. The normalized spacial score (nSPS) is 12.1. The van der Waals surface area contributed by atoms with E-state index in [2.05, 4.69) is 59.4 Å². The summed E-state index contributed by atoms with van der Waals surface area (Å²) < 4.78 is 2.30. The van der Waals surface area contributed by atoms with Gasteiger partial charge in [0.05, 0.1) is 5.25 Å². The van der Waals surface area contributed by atoms with Crippen molar-refractivity contribution in [1.82, 2.24) is 4.57 Å². The van der Waals surface area contributed by atoms with E-state index in [0.29, 0.717) is 6.42 Å². The van der Waals surface area contributed by atoms with Crippen molar-refractivity contribution >= 4 is 56.8 Å². The Balaban J connectivity index is 1.41. The van der Waals surface area contributed by atoms with Gasteiger partial charge < -0.3 is 15.2 Å². The molecule has 0 saturated heterocycles. The van der Waals surface area contributed by atoms with Crippen LogP contribution >= 0.6 is 11.8 Å². The van der Waals surface area contributed by atoms with E-state index in [9.17, 15) is 9.59 Å². The number of hydrogen-bond donors (Lipinski definition) is 2. The fourth-order valence-corrected chi connectivity index (χ4v) is 5.02. The van der Waals surface area contributed by atoms with Crippen LogP contribution in [0.4, 0.5) is 11.4 Å². The Hall–Kier alpha value is -3.25. The maximum absolute atomic E-state index is 12.9. The van der Waals surface area contributed by atoms with Crippen molar-refractivity contribution in [3.63, 3.8) is 0 Å². The van der Waals surface area contributed by atoms with Crippen LogP contribution in [0.1, 0.15) is 40.0 Å². The number of benzene rings is 3. The summed E-state index contributed by atoms with van der Waals surface area (Å²) in [5.74, 6) is -0.00505. The van der Waals surface area contributed by atoms with Gasteiger partial charge in [0.15, 0.2) is 0 Å². The number of carbonyl (C=O) groups is 2. The Bertz CT molecular complexity index is 1310. The largest absolute Gasteiger partial charge is 0.341 e. The molecule has 0 spiro atoms. The van der Waals surface area contributed by atoms with Gasteiger partial charge in [-0.25, -0.2) is 0 Å². The summed E-state index contributed by atoms with van der Waals surface area (Å²) in [7, 11) is 0. The van der Waals surface area contributed by atoms with E-state index in [4.69, 9.17) is 0 Å². The molecule has 0 radical (unpaired) electrons. The van der Waals surface area contributed by atoms with Crippen molar-refractivity contribution in [1.29, 1.82) is 0 Å². The molecule has 1 aromatic heterocycles. The number of rotatable bonds is 9. The van der Waals surface area contributed by atoms with Crippen LogP contribution in [0.2, 0.25) is 0 Å². The van der Waals surface area contributed by atoms with Crippen molar-refractivity contribution in [2.75, 3.05) is 10.6 Å². The number of para-hydroxylation sites is 1. The van der Waals surface area contributed by atoms with Crippen LogP contribution in [0.15, 0.2) is 71.6 Å². The van der Waals surface area contributed by atoms with Crippen LogP contribution in [0.25, 0.3) is 21.8 Å². The van der Waals surface area contributed by atoms with Gasteiger partial charge in [-0.2, -0.15) is 0 Å². The Morgan fingerprint density at radius 2 is 1.59 bits per heavy atom. The first-order valence-electron chi connectivity index (χ1n) is 11.9. The number of carbonyl (C=O) groups excluding carboxylic acids is 2. The lowest BCUT2D eigenvalue weighted by Crippen LogP contribution is -2.22. The maximum Gasteiger partial charge on any atom is 0.237 e. The van der Waals surface area contributed by atoms with E-state index < -0.39 is 0 Å². The summed E-state index contributed by atoms with van der Waals surface area (Å²) in [6, 6.07) is 22.1. The molecular weight excluding hydrogens is 442 g/mol. The minimum absolute atomic E-state index is 0.0361. The zero-order valence-electron chi connectivity index (χ0n) is 19.9. The summed E-state index contributed by atoms with van der Waals surface area (Å²) in [5.41, 5.74) is 3.96. The smallest absolute Gasteiger partial charge is 0.237 e. The van der Waals surface area contributed by atoms with Crippen LogP contribution in [0.5, 0.6) is 0 Å². The Morgan fingerprint density at radius 1 is 0.882 bits per heavy atom. The number of amides is 2. The second kappa shape index (κ2) is 10.8. The first-order valence-corrected chi connectivity index (χ1v) is 12.8. The number of thioether (sulfide) groups is 1. The lowest BCUT2D eigenvalue weighted by atomic mass is 10.1. The fourth-order valence-electron chi connectivity index (χ4n) is 4.15. The summed E-state index contributed by atoms with van der Waals surface area (Å²) in [6.07, 6.45) is 2.42. The van der Waals surface area contributed by atoms with E-state index in [1.807, 2.05) is 43.3 Å². The van der Waals surface area contributed by atoms with Crippen LogP contribution in [-0.2, 0) is 16.1 Å². The second-order valence-electron chi connectivity index (χ2n) is 8.42. The molecule has 4 rings (SSSR count). The molecule has 0 aliphatic rings. The molecule has 3 aromatic carbocycles. The quantitative estimate of drug-likeness (QED) is 0.256. The molecule has 0 saturated carbocycles. The molecule has 2 N–H and O–H groups in total. The minimum atomic E-state index is -0.266. The van der Waals surface area contributed by atoms with Crippen molar-refractivity contribution in [2.24, 2.45) is 0 Å². The zero-order chi connectivity index (χ0) is 24.1. The number of anilines is 2. The Kier molecular flexibility index (Phi) is 7.58. The number of aromatic nitrogens is 1. The lowest BCUT2D eigenvalue weighted by Gasteiger charge is -2.13. The zero-order valence-corrected chi connectivity index (χ0v) is 20.7. The number of nitrogens with zero attached hydrogens (tertiary/aromatic N) is 1. The highest BCUT2D eigenvalue weighted by atomic mass is 32.2. The summed E-state index contributed by atoms with van der Waals surface area (Å²) >= 11 is 1.50. The summed E-state index contributed by atoms with van der Waals surface area (Å²) in [4.78, 5) is 25.8. The van der Waals surface area contributed by atoms with Gasteiger partial charge in [-0.05, 0) is 68.8 Å². The van der Waals surface area contributed by atoms with Gasteiger partial charge in [-0.15, -0.1) is 11.8 Å². The number of hydrogen-bond acceptors (Lipinski definition) is 3. The molecule has 1 heterocycles. The monoisotopic (exact) mass is 473 g/mol.